The molecule has 0 aliphatic heterocycles. The number of carbonyl (C=O) groups is 2. The van der Waals surface area contributed by atoms with Crippen molar-refractivity contribution in [1.29, 1.82) is 0 Å². The molecule has 2 amide bonds. The van der Waals surface area contributed by atoms with E-state index in [1.807, 2.05) is 0 Å². The van der Waals surface area contributed by atoms with Gasteiger partial charge in [0.05, 0.1) is 5.92 Å². The Morgan fingerprint density at radius 3 is 2.70 bits per heavy atom. The van der Waals surface area contributed by atoms with E-state index in [2.05, 4.69) is 10.6 Å². The molecule has 1 aliphatic rings. The molecule has 0 heterocycles. The number of aliphatic carboxylic acids is 1. The minimum atomic E-state index is -0.915. The molecule has 1 saturated carbocycles. The zero-order valence-corrected chi connectivity index (χ0v) is 11.3. The highest BCUT2D eigenvalue weighted by molar-refractivity contribution is 6.30. The maximum atomic E-state index is 13.1. The fraction of sp³-hybridized carbons (Fsp3) is 0.385. The third-order valence-electron chi connectivity index (χ3n) is 3.27. The number of halogens is 2. The molecule has 5 nitrogen and oxygen atoms in total. The Kier molecular flexibility index (Phi) is 4.44. The Bertz CT molecular complexity index is 518. The molecule has 1 aromatic carbocycles. The molecule has 2 rings (SSSR count). The van der Waals surface area contributed by atoms with Crippen LogP contribution >= 0.6 is 11.6 Å². The second-order valence-corrected chi connectivity index (χ2v) is 5.18. The van der Waals surface area contributed by atoms with Crippen LogP contribution in [0.3, 0.4) is 0 Å². The van der Waals surface area contributed by atoms with Crippen LogP contribution in [0.5, 0.6) is 0 Å². The van der Waals surface area contributed by atoms with Crippen molar-refractivity contribution in [3.05, 3.63) is 29.0 Å². The molecule has 0 radical (unpaired) electrons. The third-order valence-corrected chi connectivity index (χ3v) is 3.49. The van der Waals surface area contributed by atoms with E-state index in [0.717, 1.165) is 18.6 Å². The number of rotatable bonds is 3. The Morgan fingerprint density at radius 1 is 1.30 bits per heavy atom. The van der Waals surface area contributed by atoms with Crippen LogP contribution in [0.15, 0.2) is 18.2 Å². The van der Waals surface area contributed by atoms with E-state index in [1.54, 1.807) is 0 Å². The van der Waals surface area contributed by atoms with Gasteiger partial charge in [-0.05, 0) is 31.0 Å². The van der Waals surface area contributed by atoms with E-state index in [-0.39, 0.29) is 10.7 Å². The van der Waals surface area contributed by atoms with Gasteiger partial charge in [0.25, 0.3) is 0 Å². The zero-order valence-electron chi connectivity index (χ0n) is 10.5. The summed E-state index contributed by atoms with van der Waals surface area (Å²) in [4.78, 5) is 22.8. The molecule has 1 aliphatic carbocycles. The van der Waals surface area contributed by atoms with Crippen molar-refractivity contribution in [2.24, 2.45) is 5.92 Å². The number of amides is 2. The molecule has 20 heavy (non-hydrogen) atoms. The number of anilines is 1. The van der Waals surface area contributed by atoms with Gasteiger partial charge in [-0.3, -0.25) is 4.79 Å². The highest BCUT2D eigenvalue weighted by Gasteiger charge is 2.33. The molecule has 0 bridgehead atoms. The second kappa shape index (κ2) is 6.09. The minimum Gasteiger partial charge on any atom is -0.481 e. The van der Waals surface area contributed by atoms with Crippen LogP contribution in [0.2, 0.25) is 5.02 Å². The van der Waals surface area contributed by atoms with Crippen LogP contribution in [-0.4, -0.2) is 23.1 Å². The van der Waals surface area contributed by atoms with Crippen LogP contribution in [0, 0.1) is 11.7 Å². The number of carboxylic acid groups (broad SMARTS) is 1. The SMILES string of the molecule is O=C(Nc1cc(F)cc(Cl)c1)NC1CCCC1C(=O)O. The summed E-state index contributed by atoms with van der Waals surface area (Å²) in [6.45, 7) is 0. The number of nitrogens with one attached hydrogen (secondary N) is 2. The molecule has 2 unspecified atom stereocenters. The summed E-state index contributed by atoms with van der Waals surface area (Å²) in [5.41, 5.74) is 0.220. The molecule has 0 spiro atoms. The Morgan fingerprint density at radius 2 is 2.05 bits per heavy atom. The molecule has 2 atom stereocenters. The van der Waals surface area contributed by atoms with E-state index in [9.17, 15) is 14.0 Å². The van der Waals surface area contributed by atoms with E-state index in [1.165, 1.54) is 6.07 Å². The van der Waals surface area contributed by atoms with Crippen molar-refractivity contribution < 1.29 is 19.1 Å². The molecule has 1 aromatic rings. The summed E-state index contributed by atoms with van der Waals surface area (Å²) in [5, 5.41) is 14.2. The molecular weight excluding hydrogens is 287 g/mol. The van der Waals surface area contributed by atoms with Crippen molar-refractivity contribution in [1.82, 2.24) is 5.32 Å². The Balaban J connectivity index is 1.97. The normalized spacial score (nSPS) is 21.5. The number of hydrogen-bond donors (Lipinski definition) is 3. The monoisotopic (exact) mass is 300 g/mol. The molecular formula is C13H14ClFN2O3. The van der Waals surface area contributed by atoms with Crippen LogP contribution < -0.4 is 10.6 Å². The van der Waals surface area contributed by atoms with Gasteiger partial charge < -0.3 is 15.7 Å². The van der Waals surface area contributed by atoms with Crippen LogP contribution in [-0.2, 0) is 4.79 Å². The highest BCUT2D eigenvalue weighted by Crippen LogP contribution is 2.26. The molecule has 7 heteroatoms. The predicted octanol–water partition coefficient (Wildman–Crippen LogP) is 2.85. The first kappa shape index (κ1) is 14.6. The van der Waals surface area contributed by atoms with E-state index in [4.69, 9.17) is 16.7 Å². The van der Waals surface area contributed by atoms with Gasteiger partial charge in [-0.1, -0.05) is 18.0 Å². The topological polar surface area (TPSA) is 78.4 Å². The quantitative estimate of drug-likeness (QED) is 0.803. The van der Waals surface area contributed by atoms with Gasteiger partial charge in [0.15, 0.2) is 0 Å². The van der Waals surface area contributed by atoms with Gasteiger partial charge in [-0.25, -0.2) is 9.18 Å². The lowest BCUT2D eigenvalue weighted by molar-refractivity contribution is -0.142. The average Bonchev–Trinajstić information content (AvgIpc) is 2.75. The summed E-state index contributed by atoms with van der Waals surface area (Å²) in [7, 11) is 0. The summed E-state index contributed by atoms with van der Waals surface area (Å²) in [5.74, 6) is -2.05. The zero-order chi connectivity index (χ0) is 14.7. The lowest BCUT2D eigenvalue weighted by atomic mass is 10.0. The van der Waals surface area contributed by atoms with Crippen molar-refractivity contribution in [3.63, 3.8) is 0 Å². The molecule has 108 valence electrons. The summed E-state index contributed by atoms with van der Waals surface area (Å²) < 4.78 is 13.1. The van der Waals surface area contributed by atoms with Crippen molar-refractivity contribution in [3.8, 4) is 0 Å². The molecule has 0 saturated heterocycles. The predicted molar refractivity (Wildman–Crippen MR) is 72.3 cm³/mol. The lowest BCUT2D eigenvalue weighted by Crippen LogP contribution is -2.42. The summed E-state index contributed by atoms with van der Waals surface area (Å²) >= 11 is 5.68. The van der Waals surface area contributed by atoms with E-state index >= 15 is 0 Å². The number of carbonyl (C=O) groups excluding carboxylic acids is 1. The lowest BCUT2D eigenvalue weighted by Gasteiger charge is -2.18. The van der Waals surface area contributed by atoms with Crippen LogP contribution in [0.4, 0.5) is 14.9 Å². The second-order valence-electron chi connectivity index (χ2n) is 4.74. The van der Waals surface area contributed by atoms with E-state index < -0.39 is 29.8 Å². The van der Waals surface area contributed by atoms with Crippen molar-refractivity contribution >= 4 is 29.3 Å². The van der Waals surface area contributed by atoms with Gasteiger partial charge in [-0.15, -0.1) is 0 Å². The van der Waals surface area contributed by atoms with Crippen LogP contribution in [0.1, 0.15) is 19.3 Å². The number of benzene rings is 1. The molecule has 3 N–H and O–H groups in total. The largest absolute Gasteiger partial charge is 0.481 e. The maximum absolute atomic E-state index is 13.1. The fourth-order valence-electron chi connectivity index (χ4n) is 2.39. The highest BCUT2D eigenvalue weighted by atomic mass is 35.5. The van der Waals surface area contributed by atoms with Crippen molar-refractivity contribution in [2.45, 2.75) is 25.3 Å². The van der Waals surface area contributed by atoms with Gasteiger partial charge >= 0.3 is 12.0 Å². The summed E-state index contributed by atoms with van der Waals surface area (Å²) in [6.07, 6.45) is 1.92. The molecule has 1 fully saturated rings. The number of urea groups is 1. The first-order valence-corrected chi connectivity index (χ1v) is 6.60. The minimum absolute atomic E-state index is 0.171. The number of carboxylic acids is 1. The smallest absolute Gasteiger partial charge is 0.319 e. The van der Waals surface area contributed by atoms with Gasteiger partial charge in [0.2, 0.25) is 0 Å². The van der Waals surface area contributed by atoms with E-state index in [0.29, 0.717) is 12.8 Å². The van der Waals surface area contributed by atoms with Gasteiger partial charge in [-0.2, -0.15) is 0 Å². The molecule has 0 aromatic heterocycles. The first-order chi connectivity index (χ1) is 9.45. The Hall–Kier alpha value is -1.82. The standard InChI is InChI=1S/C13H14ClFN2O3/c14-7-4-8(15)6-9(5-7)16-13(20)17-11-3-1-2-10(11)12(18)19/h4-6,10-11H,1-3H2,(H,18,19)(H2,16,17,20). The third kappa shape index (κ3) is 3.60. The van der Waals surface area contributed by atoms with Crippen molar-refractivity contribution in [2.75, 3.05) is 5.32 Å². The van der Waals surface area contributed by atoms with Gasteiger partial charge in [0, 0.05) is 16.8 Å². The van der Waals surface area contributed by atoms with Gasteiger partial charge in [0.1, 0.15) is 5.82 Å². The fourth-order valence-corrected chi connectivity index (χ4v) is 2.61. The maximum Gasteiger partial charge on any atom is 0.319 e. The number of hydrogen-bond acceptors (Lipinski definition) is 2. The van der Waals surface area contributed by atoms with Crippen LogP contribution in [0.25, 0.3) is 0 Å². The first-order valence-electron chi connectivity index (χ1n) is 6.22. The average molecular weight is 301 g/mol. The summed E-state index contributed by atoms with van der Waals surface area (Å²) in [6, 6.07) is 2.70. The Labute approximate surface area is 120 Å².